The zero-order valence-electron chi connectivity index (χ0n) is 8.59. The Bertz CT molecular complexity index is 343. The maximum Gasteiger partial charge on any atom is 0.387 e. The molecular weight excluding hydrogens is 196 g/mol. The van der Waals surface area contributed by atoms with Crippen molar-refractivity contribution in [2.24, 2.45) is 5.73 Å². The zero-order valence-corrected chi connectivity index (χ0v) is 8.59. The van der Waals surface area contributed by atoms with Gasteiger partial charge in [-0.15, -0.1) is 0 Å². The number of anilines is 1. The molecule has 6 heteroatoms. The lowest BCUT2D eigenvalue weighted by atomic mass is 10.3. The van der Waals surface area contributed by atoms with Crippen molar-refractivity contribution < 1.29 is 4.92 Å². The molecule has 0 spiro atoms. The van der Waals surface area contributed by atoms with Crippen molar-refractivity contribution in [1.29, 1.82) is 0 Å². The van der Waals surface area contributed by atoms with Gasteiger partial charge in [-0.3, -0.25) is 0 Å². The lowest BCUT2D eigenvalue weighted by Crippen LogP contribution is -2.29. The van der Waals surface area contributed by atoms with Crippen LogP contribution in [0.15, 0.2) is 18.3 Å². The van der Waals surface area contributed by atoms with E-state index in [0.717, 1.165) is 0 Å². The standard InChI is InChI=1S/C9H14N4O2/c1-2-12(7-5-10)8-4-3-6-11-9(8)13(14)15/h3-4,6H,2,5,7,10H2,1H3. The van der Waals surface area contributed by atoms with Gasteiger partial charge in [0.15, 0.2) is 0 Å². The topological polar surface area (TPSA) is 85.3 Å². The van der Waals surface area contributed by atoms with Crippen LogP contribution in [-0.4, -0.2) is 29.5 Å². The van der Waals surface area contributed by atoms with Crippen LogP contribution >= 0.6 is 0 Å². The van der Waals surface area contributed by atoms with E-state index in [4.69, 9.17) is 5.73 Å². The third-order valence-corrected chi connectivity index (χ3v) is 2.06. The lowest BCUT2D eigenvalue weighted by molar-refractivity contribution is -0.388. The predicted molar refractivity (Wildman–Crippen MR) is 57.8 cm³/mol. The van der Waals surface area contributed by atoms with Crippen molar-refractivity contribution in [3.8, 4) is 0 Å². The second-order valence-corrected chi connectivity index (χ2v) is 2.97. The van der Waals surface area contributed by atoms with Gasteiger partial charge in [0.25, 0.3) is 0 Å². The van der Waals surface area contributed by atoms with E-state index < -0.39 is 4.92 Å². The monoisotopic (exact) mass is 210 g/mol. The Hall–Kier alpha value is -1.69. The second kappa shape index (κ2) is 5.26. The number of nitrogens with two attached hydrogens (primary N) is 1. The molecule has 0 aliphatic heterocycles. The molecule has 0 aliphatic carbocycles. The first-order valence-corrected chi connectivity index (χ1v) is 4.75. The summed E-state index contributed by atoms with van der Waals surface area (Å²) in [6, 6.07) is 3.37. The van der Waals surface area contributed by atoms with Gasteiger partial charge in [0.05, 0.1) is 0 Å². The zero-order chi connectivity index (χ0) is 11.3. The molecule has 0 fully saturated rings. The van der Waals surface area contributed by atoms with E-state index in [1.165, 1.54) is 6.20 Å². The molecule has 1 aromatic rings. The minimum atomic E-state index is -0.478. The molecule has 0 unspecified atom stereocenters. The summed E-state index contributed by atoms with van der Waals surface area (Å²) in [6.45, 7) is 3.64. The Balaban J connectivity index is 3.04. The summed E-state index contributed by atoms with van der Waals surface area (Å²) in [4.78, 5) is 15.8. The van der Waals surface area contributed by atoms with Crippen molar-refractivity contribution >= 4 is 11.5 Å². The first kappa shape index (κ1) is 11.4. The Kier molecular flexibility index (Phi) is 3.99. The van der Waals surface area contributed by atoms with Gasteiger partial charge in [0, 0.05) is 19.6 Å². The van der Waals surface area contributed by atoms with Gasteiger partial charge >= 0.3 is 5.82 Å². The molecule has 0 saturated carbocycles. The number of aromatic nitrogens is 1. The minimum absolute atomic E-state index is 0.118. The fourth-order valence-corrected chi connectivity index (χ4v) is 1.38. The van der Waals surface area contributed by atoms with E-state index in [-0.39, 0.29) is 5.82 Å². The molecule has 1 aromatic heterocycles. The summed E-state index contributed by atoms with van der Waals surface area (Å²) < 4.78 is 0. The number of pyridine rings is 1. The molecule has 1 heterocycles. The third-order valence-electron chi connectivity index (χ3n) is 2.06. The van der Waals surface area contributed by atoms with Gasteiger partial charge in [0.2, 0.25) is 0 Å². The van der Waals surface area contributed by atoms with E-state index in [0.29, 0.717) is 25.3 Å². The molecule has 0 aromatic carbocycles. The molecule has 1 rings (SSSR count). The summed E-state index contributed by atoms with van der Waals surface area (Å²) >= 11 is 0. The van der Waals surface area contributed by atoms with E-state index in [2.05, 4.69) is 4.98 Å². The van der Waals surface area contributed by atoms with E-state index in [1.807, 2.05) is 11.8 Å². The molecule has 82 valence electrons. The summed E-state index contributed by atoms with van der Waals surface area (Å²) in [5.41, 5.74) is 5.96. The van der Waals surface area contributed by atoms with E-state index in [9.17, 15) is 10.1 Å². The maximum atomic E-state index is 10.7. The van der Waals surface area contributed by atoms with Crippen LogP contribution in [0.1, 0.15) is 6.92 Å². The molecule has 0 bridgehead atoms. The summed E-state index contributed by atoms with van der Waals surface area (Å²) in [6.07, 6.45) is 1.41. The van der Waals surface area contributed by atoms with Crippen LogP contribution in [0, 0.1) is 10.1 Å². The number of rotatable bonds is 5. The first-order valence-electron chi connectivity index (χ1n) is 4.75. The molecule has 15 heavy (non-hydrogen) atoms. The number of hydrogen-bond donors (Lipinski definition) is 1. The van der Waals surface area contributed by atoms with Crippen molar-refractivity contribution in [2.45, 2.75) is 6.92 Å². The van der Waals surface area contributed by atoms with Crippen molar-refractivity contribution in [1.82, 2.24) is 4.98 Å². The van der Waals surface area contributed by atoms with Crippen molar-refractivity contribution in [3.05, 3.63) is 28.4 Å². The van der Waals surface area contributed by atoms with Gasteiger partial charge in [-0.1, -0.05) is 0 Å². The predicted octanol–water partition coefficient (Wildman–Crippen LogP) is 0.775. The van der Waals surface area contributed by atoms with Crippen LogP contribution in [0.4, 0.5) is 11.5 Å². The van der Waals surface area contributed by atoms with Crippen molar-refractivity contribution in [2.75, 3.05) is 24.5 Å². The number of likely N-dealkylation sites (N-methyl/N-ethyl adjacent to an activating group) is 1. The molecule has 0 amide bonds. The summed E-state index contributed by atoms with van der Waals surface area (Å²) in [5, 5.41) is 10.7. The lowest BCUT2D eigenvalue weighted by Gasteiger charge is -2.20. The first-order chi connectivity index (χ1) is 7.20. The Morgan fingerprint density at radius 3 is 2.93 bits per heavy atom. The Morgan fingerprint density at radius 2 is 2.40 bits per heavy atom. The largest absolute Gasteiger partial charge is 0.387 e. The van der Waals surface area contributed by atoms with Crippen LogP contribution in [0.3, 0.4) is 0 Å². The smallest absolute Gasteiger partial charge is 0.364 e. The second-order valence-electron chi connectivity index (χ2n) is 2.97. The number of nitrogens with zero attached hydrogens (tertiary/aromatic N) is 3. The average molecular weight is 210 g/mol. The maximum absolute atomic E-state index is 10.7. The van der Waals surface area contributed by atoms with Crippen LogP contribution in [-0.2, 0) is 0 Å². The highest BCUT2D eigenvalue weighted by Gasteiger charge is 2.18. The van der Waals surface area contributed by atoms with Gasteiger partial charge in [-0.2, -0.15) is 0 Å². The Labute approximate surface area is 87.9 Å². The Morgan fingerprint density at radius 1 is 1.67 bits per heavy atom. The number of hydrogen-bond acceptors (Lipinski definition) is 5. The fraction of sp³-hybridized carbons (Fsp3) is 0.444. The fourth-order valence-electron chi connectivity index (χ4n) is 1.38. The molecule has 0 radical (unpaired) electrons. The third kappa shape index (κ3) is 2.63. The highest BCUT2D eigenvalue weighted by Crippen LogP contribution is 2.24. The van der Waals surface area contributed by atoms with Crippen molar-refractivity contribution in [3.63, 3.8) is 0 Å². The minimum Gasteiger partial charge on any atom is -0.364 e. The van der Waals surface area contributed by atoms with Gasteiger partial charge < -0.3 is 20.7 Å². The van der Waals surface area contributed by atoms with E-state index in [1.54, 1.807) is 12.1 Å². The van der Waals surface area contributed by atoms with Crippen LogP contribution < -0.4 is 10.6 Å². The average Bonchev–Trinajstić information content (AvgIpc) is 2.26. The van der Waals surface area contributed by atoms with E-state index >= 15 is 0 Å². The quantitative estimate of drug-likeness (QED) is 0.573. The highest BCUT2D eigenvalue weighted by molar-refractivity contribution is 5.58. The molecular formula is C9H14N4O2. The van der Waals surface area contributed by atoms with Crippen LogP contribution in [0.2, 0.25) is 0 Å². The molecule has 6 nitrogen and oxygen atoms in total. The molecule has 0 atom stereocenters. The van der Waals surface area contributed by atoms with Crippen LogP contribution in [0.5, 0.6) is 0 Å². The van der Waals surface area contributed by atoms with Gasteiger partial charge in [-0.25, -0.2) is 0 Å². The summed E-state index contributed by atoms with van der Waals surface area (Å²) in [7, 11) is 0. The van der Waals surface area contributed by atoms with Crippen LogP contribution in [0.25, 0.3) is 0 Å². The van der Waals surface area contributed by atoms with Gasteiger partial charge in [0.1, 0.15) is 11.9 Å². The number of nitro groups is 1. The molecule has 0 aliphatic rings. The molecule has 0 saturated heterocycles. The molecule has 2 N–H and O–H groups in total. The normalized spacial score (nSPS) is 10.0. The SMILES string of the molecule is CCN(CCN)c1cccnc1[N+](=O)[O-]. The van der Waals surface area contributed by atoms with Gasteiger partial charge in [-0.05, 0) is 29.0 Å². The highest BCUT2D eigenvalue weighted by atomic mass is 16.6. The summed E-state index contributed by atoms with van der Waals surface area (Å²) in [5.74, 6) is -0.118.